The van der Waals surface area contributed by atoms with Gasteiger partial charge in [0.15, 0.2) is 0 Å². The van der Waals surface area contributed by atoms with Crippen LogP contribution in [0.5, 0.6) is 0 Å². The molecule has 0 amide bonds. The highest BCUT2D eigenvalue weighted by Crippen LogP contribution is 2.23. The van der Waals surface area contributed by atoms with Gasteiger partial charge in [0, 0.05) is 6.08 Å². The second-order valence-corrected chi connectivity index (χ2v) is 3.77. The lowest BCUT2D eigenvalue weighted by molar-refractivity contribution is -0.131. The molecule has 0 heterocycles. The molecule has 2 nitrogen and oxygen atoms in total. The van der Waals surface area contributed by atoms with Crippen LogP contribution in [0.15, 0.2) is 60.7 Å². The molecule has 0 aliphatic rings. The smallest absolute Gasteiger partial charge is 0.328 e. The molecule has 0 spiro atoms. The molecular weight excluding hydrogens is 231 g/mol. The van der Waals surface area contributed by atoms with Crippen molar-refractivity contribution >= 4 is 11.5 Å². The summed E-state index contributed by atoms with van der Waals surface area (Å²) in [6, 6.07) is 14.9. The van der Waals surface area contributed by atoms with Crippen molar-refractivity contribution in [3.8, 4) is 0 Å². The van der Waals surface area contributed by atoms with Crippen LogP contribution in [0.2, 0.25) is 0 Å². The zero-order chi connectivity index (χ0) is 13.0. The number of hydrogen-bond acceptors (Lipinski definition) is 1. The molecule has 0 radical (unpaired) electrons. The molecule has 0 aliphatic carbocycles. The van der Waals surface area contributed by atoms with E-state index in [4.69, 9.17) is 5.11 Å². The van der Waals surface area contributed by atoms with E-state index in [2.05, 4.69) is 0 Å². The van der Waals surface area contributed by atoms with E-state index < -0.39 is 5.97 Å². The minimum atomic E-state index is -1.03. The first kappa shape index (κ1) is 12.0. The van der Waals surface area contributed by atoms with Gasteiger partial charge in [-0.05, 0) is 28.8 Å². The zero-order valence-electron chi connectivity index (χ0n) is 9.51. The highest BCUT2D eigenvalue weighted by atomic mass is 19.1. The van der Waals surface area contributed by atoms with Gasteiger partial charge < -0.3 is 5.11 Å². The van der Waals surface area contributed by atoms with E-state index in [0.717, 1.165) is 11.6 Å². The number of aliphatic carboxylic acids is 1. The summed E-state index contributed by atoms with van der Waals surface area (Å²) in [7, 11) is 0. The van der Waals surface area contributed by atoms with E-state index in [9.17, 15) is 9.18 Å². The Kier molecular flexibility index (Phi) is 3.53. The summed E-state index contributed by atoms with van der Waals surface area (Å²) < 4.78 is 12.9. The van der Waals surface area contributed by atoms with Gasteiger partial charge in [-0.1, -0.05) is 42.5 Å². The van der Waals surface area contributed by atoms with E-state index in [-0.39, 0.29) is 5.82 Å². The standard InChI is InChI=1S/C15H11FO2/c16-13-8-6-12(7-9-13)14(10-15(17)18)11-4-2-1-3-5-11/h1-10H,(H,17,18)/b14-10-. The number of halogens is 1. The SMILES string of the molecule is O=C(O)/C=C(/c1ccccc1)c1ccc(F)cc1. The van der Waals surface area contributed by atoms with Crippen LogP contribution in [0.3, 0.4) is 0 Å². The Morgan fingerprint density at radius 3 is 2.06 bits per heavy atom. The van der Waals surface area contributed by atoms with Crippen molar-refractivity contribution in [1.82, 2.24) is 0 Å². The molecule has 2 aromatic rings. The van der Waals surface area contributed by atoms with Gasteiger partial charge in [-0.2, -0.15) is 0 Å². The first-order valence-electron chi connectivity index (χ1n) is 5.43. The first-order chi connectivity index (χ1) is 8.66. The fourth-order valence-electron chi connectivity index (χ4n) is 1.70. The maximum atomic E-state index is 12.9. The van der Waals surface area contributed by atoms with Gasteiger partial charge in [0.2, 0.25) is 0 Å². The molecule has 0 saturated heterocycles. The molecule has 0 aromatic heterocycles. The average Bonchev–Trinajstić information content (AvgIpc) is 2.38. The predicted octanol–water partition coefficient (Wildman–Crippen LogP) is 3.34. The number of hydrogen-bond donors (Lipinski definition) is 1. The number of carboxylic acids is 1. The summed E-state index contributed by atoms with van der Waals surface area (Å²) in [6.07, 6.45) is 1.13. The van der Waals surface area contributed by atoms with Crippen LogP contribution in [0.1, 0.15) is 11.1 Å². The Morgan fingerprint density at radius 1 is 0.944 bits per heavy atom. The quantitative estimate of drug-likeness (QED) is 0.838. The van der Waals surface area contributed by atoms with Crippen LogP contribution in [-0.2, 0) is 4.79 Å². The maximum absolute atomic E-state index is 12.9. The van der Waals surface area contributed by atoms with Gasteiger partial charge in [-0.15, -0.1) is 0 Å². The zero-order valence-corrected chi connectivity index (χ0v) is 9.51. The van der Waals surface area contributed by atoms with Gasteiger partial charge in [0.25, 0.3) is 0 Å². The Bertz CT molecular complexity index is 571. The molecule has 0 aliphatic heterocycles. The highest BCUT2D eigenvalue weighted by Gasteiger charge is 2.07. The van der Waals surface area contributed by atoms with E-state index >= 15 is 0 Å². The molecule has 0 unspecified atom stereocenters. The van der Waals surface area contributed by atoms with Crippen LogP contribution >= 0.6 is 0 Å². The summed E-state index contributed by atoms with van der Waals surface area (Å²) in [6.45, 7) is 0. The van der Waals surface area contributed by atoms with E-state index in [0.29, 0.717) is 11.1 Å². The van der Waals surface area contributed by atoms with Crippen molar-refractivity contribution in [2.75, 3.05) is 0 Å². The lowest BCUT2D eigenvalue weighted by Gasteiger charge is -2.07. The fourth-order valence-corrected chi connectivity index (χ4v) is 1.70. The Labute approximate surface area is 104 Å². The molecule has 0 bridgehead atoms. The molecule has 1 N–H and O–H groups in total. The number of carbonyl (C=O) groups is 1. The first-order valence-corrected chi connectivity index (χ1v) is 5.43. The van der Waals surface area contributed by atoms with Gasteiger partial charge in [-0.3, -0.25) is 0 Å². The van der Waals surface area contributed by atoms with Crippen molar-refractivity contribution in [3.63, 3.8) is 0 Å². The van der Waals surface area contributed by atoms with Crippen molar-refractivity contribution in [3.05, 3.63) is 77.6 Å². The van der Waals surface area contributed by atoms with Crippen molar-refractivity contribution < 1.29 is 14.3 Å². The van der Waals surface area contributed by atoms with Crippen LogP contribution in [0, 0.1) is 5.82 Å². The molecule has 0 saturated carbocycles. The lowest BCUT2D eigenvalue weighted by atomic mass is 9.97. The minimum absolute atomic E-state index is 0.346. The summed E-state index contributed by atoms with van der Waals surface area (Å²) in [4.78, 5) is 10.9. The van der Waals surface area contributed by atoms with Gasteiger partial charge in [0.1, 0.15) is 5.82 Å². The van der Waals surface area contributed by atoms with E-state index in [1.807, 2.05) is 30.3 Å². The summed E-state index contributed by atoms with van der Waals surface area (Å²) in [5.74, 6) is -1.38. The molecule has 3 heteroatoms. The number of rotatable bonds is 3. The second-order valence-electron chi connectivity index (χ2n) is 3.77. The van der Waals surface area contributed by atoms with Crippen LogP contribution in [-0.4, -0.2) is 11.1 Å². The Balaban J connectivity index is 2.51. The van der Waals surface area contributed by atoms with E-state index in [1.165, 1.54) is 12.1 Å². The van der Waals surface area contributed by atoms with Crippen LogP contribution < -0.4 is 0 Å². The normalized spacial score (nSPS) is 11.3. The molecule has 18 heavy (non-hydrogen) atoms. The van der Waals surface area contributed by atoms with Crippen molar-refractivity contribution in [2.45, 2.75) is 0 Å². The lowest BCUT2D eigenvalue weighted by Crippen LogP contribution is -1.94. The third-order valence-corrected chi connectivity index (χ3v) is 2.51. The molecule has 2 rings (SSSR count). The molecule has 0 fully saturated rings. The Hall–Kier alpha value is -2.42. The van der Waals surface area contributed by atoms with E-state index in [1.54, 1.807) is 12.1 Å². The van der Waals surface area contributed by atoms with Crippen LogP contribution in [0.25, 0.3) is 5.57 Å². The monoisotopic (exact) mass is 242 g/mol. The number of carboxylic acid groups (broad SMARTS) is 1. The van der Waals surface area contributed by atoms with Gasteiger partial charge >= 0.3 is 5.97 Å². The molecule has 2 aromatic carbocycles. The van der Waals surface area contributed by atoms with Crippen molar-refractivity contribution in [2.24, 2.45) is 0 Å². The maximum Gasteiger partial charge on any atom is 0.328 e. The topological polar surface area (TPSA) is 37.3 Å². The van der Waals surface area contributed by atoms with Crippen LogP contribution in [0.4, 0.5) is 4.39 Å². The number of benzene rings is 2. The minimum Gasteiger partial charge on any atom is -0.478 e. The Morgan fingerprint density at radius 2 is 1.50 bits per heavy atom. The highest BCUT2D eigenvalue weighted by molar-refractivity contribution is 5.95. The third-order valence-electron chi connectivity index (χ3n) is 2.51. The molecular formula is C15H11FO2. The summed E-state index contributed by atoms with van der Waals surface area (Å²) in [5, 5.41) is 8.91. The fraction of sp³-hybridized carbons (Fsp3) is 0. The third kappa shape index (κ3) is 2.83. The average molecular weight is 242 g/mol. The van der Waals surface area contributed by atoms with Gasteiger partial charge in [0.05, 0.1) is 0 Å². The predicted molar refractivity (Wildman–Crippen MR) is 67.6 cm³/mol. The second kappa shape index (κ2) is 5.27. The molecule has 0 atom stereocenters. The summed E-state index contributed by atoms with van der Waals surface area (Å²) in [5.41, 5.74) is 2.01. The largest absolute Gasteiger partial charge is 0.478 e. The van der Waals surface area contributed by atoms with Crippen molar-refractivity contribution in [1.29, 1.82) is 0 Å². The molecule has 90 valence electrons. The summed E-state index contributed by atoms with van der Waals surface area (Å²) >= 11 is 0. The van der Waals surface area contributed by atoms with Gasteiger partial charge in [-0.25, -0.2) is 9.18 Å².